The van der Waals surface area contributed by atoms with Gasteiger partial charge in [-0.15, -0.1) is 0 Å². The quantitative estimate of drug-likeness (QED) is 0.881. The van der Waals surface area contributed by atoms with Crippen molar-refractivity contribution in [1.29, 1.82) is 5.26 Å². The smallest absolute Gasteiger partial charge is 0.142 e. The molecule has 1 aliphatic heterocycles. The van der Waals surface area contributed by atoms with Gasteiger partial charge in [0, 0.05) is 6.54 Å². The Kier molecular flexibility index (Phi) is 5.17. The molecule has 102 valence electrons. The van der Waals surface area contributed by atoms with E-state index in [1.165, 1.54) is 38.9 Å². The molecule has 2 rings (SSSR count). The van der Waals surface area contributed by atoms with Gasteiger partial charge >= 0.3 is 0 Å². The maximum atomic E-state index is 8.79. The molecule has 1 fully saturated rings. The van der Waals surface area contributed by atoms with E-state index < -0.39 is 0 Å². The van der Waals surface area contributed by atoms with Gasteiger partial charge in [0.2, 0.25) is 0 Å². The summed E-state index contributed by atoms with van der Waals surface area (Å²) in [5, 5.41) is 12.1. The van der Waals surface area contributed by atoms with E-state index in [0.29, 0.717) is 5.69 Å². The predicted octanol–water partition coefficient (Wildman–Crippen LogP) is 2.49. The molecule has 0 amide bonds. The first kappa shape index (κ1) is 13.8. The zero-order chi connectivity index (χ0) is 13.5. The van der Waals surface area contributed by atoms with Crippen LogP contribution in [0.5, 0.6) is 0 Å². The van der Waals surface area contributed by atoms with Gasteiger partial charge < -0.3 is 10.2 Å². The van der Waals surface area contributed by atoms with E-state index in [1.54, 1.807) is 6.07 Å². The lowest BCUT2D eigenvalue weighted by Gasteiger charge is -2.31. The summed E-state index contributed by atoms with van der Waals surface area (Å²) in [7, 11) is 0. The van der Waals surface area contributed by atoms with E-state index in [1.807, 2.05) is 12.1 Å². The van der Waals surface area contributed by atoms with Gasteiger partial charge in [0.1, 0.15) is 17.6 Å². The van der Waals surface area contributed by atoms with E-state index in [2.05, 4.69) is 28.2 Å². The Morgan fingerprint density at radius 1 is 1.42 bits per heavy atom. The summed E-state index contributed by atoms with van der Waals surface area (Å²) in [5.41, 5.74) is 0.473. The van der Waals surface area contributed by atoms with Crippen LogP contribution in [0, 0.1) is 17.2 Å². The minimum atomic E-state index is 0.473. The van der Waals surface area contributed by atoms with Crippen LogP contribution in [-0.4, -0.2) is 36.1 Å². The first-order valence-corrected chi connectivity index (χ1v) is 7.15. The average molecular weight is 258 g/mol. The SMILES string of the molecule is CCN1CCC(CCNc2cccc(C#N)n2)CC1. The number of nitrogens with zero attached hydrogens (tertiary/aromatic N) is 3. The Bertz CT molecular complexity index is 430. The van der Waals surface area contributed by atoms with E-state index in [-0.39, 0.29) is 0 Å². The van der Waals surface area contributed by atoms with Crippen molar-refractivity contribution in [2.75, 3.05) is 31.5 Å². The Morgan fingerprint density at radius 3 is 2.89 bits per heavy atom. The minimum absolute atomic E-state index is 0.473. The molecular weight excluding hydrogens is 236 g/mol. The van der Waals surface area contributed by atoms with Crippen molar-refractivity contribution < 1.29 is 0 Å². The highest BCUT2D eigenvalue weighted by atomic mass is 15.1. The lowest BCUT2D eigenvalue weighted by Crippen LogP contribution is -2.33. The second kappa shape index (κ2) is 7.10. The molecule has 0 aromatic carbocycles. The number of anilines is 1. The van der Waals surface area contributed by atoms with Crippen LogP contribution < -0.4 is 5.32 Å². The molecule has 0 spiro atoms. The molecule has 1 aromatic rings. The number of rotatable bonds is 5. The number of nitrogens with one attached hydrogen (secondary N) is 1. The molecule has 2 heterocycles. The Morgan fingerprint density at radius 2 is 2.21 bits per heavy atom. The molecule has 19 heavy (non-hydrogen) atoms. The lowest BCUT2D eigenvalue weighted by atomic mass is 9.93. The van der Waals surface area contributed by atoms with Gasteiger partial charge in [-0.25, -0.2) is 4.98 Å². The highest BCUT2D eigenvalue weighted by Gasteiger charge is 2.17. The molecule has 1 saturated heterocycles. The van der Waals surface area contributed by atoms with Crippen molar-refractivity contribution in [3.05, 3.63) is 23.9 Å². The molecule has 1 aromatic heterocycles. The van der Waals surface area contributed by atoms with Gasteiger partial charge in [0.25, 0.3) is 0 Å². The number of likely N-dealkylation sites (tertiary alicyclic amines) is 1. The molecule has 0 unspecified atom stereocenters. The van der Waals surface area contributed by atoms with Gasteiger partial charge in [-0.2, -0.15) is 5.26 Å². The van der Waals surface area contributed by atoms with Crippen LogP contribution in [0.4, 0.5) is 5.82 Å². The Labute approximate surface area is 115 Å². The minimum Gasteiger partial charge on any atom is -0.370 e. The zero-order valence-electron chi connectivity index (χ0n) is 11.6. The fraction of sp³-hybridized carbons (Fsp3) is 0.600. The van der Waals surface area contributed by atoms with Crippen LogP contribution in [0.2, 0.25) is 0 Å². The monoisotopic (exact) mass is 258 g/mol. The van der Waals surface area contributed by atoms with Crippen molar-refractivity contribution in [3.8, 4) is 6.07 Å². The summed E-state index contributed by atoms with van der Waals surface area (Å²) in [6.45, 7) is 6.83. The maximum Gasteiger partial charge on any atom is 0.142 e. The van der Waals surface area contributed by atoms with E-state index in [9.17, 15) is 0 Å². The summed E-state index contributed by atoms with van der Waals surface area (Å²) < 4.78 is 0. The number of hydrogen-bond acceptors (Lipinski definition) is 4. The Hall–Kier alpha value is -1.60. The van der Waals surface area contributed by atoms with Crippen molar-refractivity contribution >= 4 is 5.82 Å². The van der Waals surface area contributed by atoms with Crippen LogP contribution in [0.1, 0.15) is 31.9 Å². The van der Waals surface area contributed by atoms with Crippen LogP contribution >= 0.6 is 0 Å². The molecule has 1 N–H and O–H groups in total. The molecule has 1 aliphatic rings. The van der Waals surface area contributed by atoms with Gasteiger partial charge in [-0.05, 0) is 56.9 Å². The fourth-order valence-electron chi connectivity index (χ4n) is 2.59. The first-order chi connectivity index (χ1) is 9.31. The molecule has 4 heteroatoms. The van der Waals surface area contributed by atoms with Crippen molar-refractivity contribution in [2.24, 2.45) is 5.92 Å². The lowest BCUT2D eigenvalue weighted by molar-refractivity contribution is 0.189. The third kappa shape index (κ3) is 4.22. The molecule has 0 aliphatic carbocycles. The molecular formula is C15H22N4. The molecule has 0 bridgehead atoms. The van der Waals surface area contributed by atoms with E-state index in [4.69, 9.17) is 5.26 Å². The summed E-state index contributed by atoms with van der Waals surface area (Å²) >= 11 is 0. The standard InChI is InChI=1S/C15H22N4/c1-2-19-10-7-13(8-11-19)6-9-17-15-5-3-4-14(12-16)18-15/h3-5,13H,2,6-11H2,1H3,(H,17,18). The van der Waals surface area contributed by atoms with Gasteiger partial charge in [0.05, 0.1) is 0 Å². The van der Waals surface area contributed by atoms with Crippen molar-refractivity contribution in [2.45, 2.75) is 26.2 Å². The van der Waals surface area contributed by atoms with E-state index >= 15 is 0 Å². The Balaban J connectivity index is 1.70. The summed E-state index contributed by atoms with van der Waals surface area (Å²) in [5.74, 6) is 1.64. The largest absolute Gasteiger partial charge is 0.370 e. The number of pyridine rings is 1. The fourth-order valence-corrected chi connectivity index (χ4v) is 2.59. The average Bonchev–Trinajstić information content (AvgIpc) is 2.48. The zero-order valence-corrected chi connectivity index (χ0v) is 11.6. The number of nitriles is 1. The highest BCUT2D eigenvalue weighted by Crippen LogP contribution is 2.20. The summed E-state index contributed by atoms with van der Waals surface area (Å²) in [4.78, 5) is 6.73. The normalized spacial score (nSPS) is 17.1. The van der Waals surface area contributed by atoms with Gasteiger partial charge in [-0.3, -0.25) is 0 Å². The number of aromatic nitrogens is 1. The summed E-state index contributed by atoms with van der Waals surface area (Å²) in [6.07, 6.45) is 3.80. The van der Waals surface area contributed by atoms with Crippen LogP contribution in [-0.2, 0) is 0 Å². The third-order valence-electron chi connectivity index (χ3n) is 3.88. The van der Waals surface area contributed by atoms with Gasteiger partial charge in [-0.1, -0.05) is 13.0 Å². The summed E-state index contributed by atoms with van der Waals surface area (Å²) in [6, 6.07) is 7.58. The topological polar surface area (TPSA) is 52.0 Å². The van der Waals surface area contributed by atoms with Gasteiger partial charge in [0.15, 0.2) is 0 Å². The molecule has 0 atom stereocenters. The second-order valence-corrected chi connectivity index (χ2v) is 5.11. The second-order valence-electron chi connectivity index (χ2n) is 5.11. The van der Waals surface area contributed by atoms with E-state index in [0.717, 1.165) is 18.3 Å². The van der Waals surface area contributed by atoms with Crippen LogP contribution in [0.3, 0.4) is 0 Å². The van der Waals surface area contributed by atoms with Crippen LogP contribution in [0.25, 0.3) is 0 Å². The molecule has 0 saturated carbocycles. The third-order valence-corrected chi connectivity index (χ3v) is 3.88. The molecule has 0 radical (unpaired) electrons. The van der Waals surface area contributed by atoms with Crippen LogP contribution in [0.15, 0.2) is 18.2 Å². The van der Waals surface area contributed by atoms with Crippen molar-refractivity contribution in [1.82, 2.24) is 9.88 Å². The first-order valence-electron chi connectivity index (χ1n) is 7.15. The number of piperidine rings is 1. The predicted molar refractivity (Wildman–Crippen MR) is 76.9 cm³/mol. The molecule has 4 nitrogen and oxygen atoms in total. The highest BCUT2D eigenvalue weighted by molar-refractivity contribution is 5.38. The van der Waals surface area contributed by atoms with Crippen molar-refractivity contribution in [3.63, 3.8) is 0 Å². The number of hydrogen-bond donors (Lipinski definition) is 1. The maximum absolute atomic E-state index is 8.79.